The van der Waals surface area contributed by atoms with E-state index in [0.717, 1.165) is 0 Å². The molecule has 128 valence electrons. The van der Waals surface area contributed by atoms with Gasteiger partial charge in [0, 0.05) is 0 Å². The third-order valence-corrected chi connectivity index (χ3v) is 3.21. The van der Waals surface area contributed by atoms with Gasteiger partial charge in [0.1, 0.15) is 11.8 Å². The number of rotatable bonds is 7. The molecule has 0 atom stereocenters. The molecule has 0 aliphatic carbocycles. The fraction of sp³-hybridized carbons (Fsp3) is 0.167. The summed E-state index contributed by atoms with van der Waals surface area (Å²) in [5.74, 6) is 1.01. The number of para-hydroxylation sites is 1. The van der Waals surface area contributed by atoms with Gasteiger partial charge in [0.05, 0.1) is 26.0 Å². The fourth-order valence-electron chi connectivity index (χ4n) is 2.05. The van der Waals surface area contributed by atoms with Gasteiger partial charge in [-0.2, -0.15) is 10.4 Å². The highest BCUT2D eigenvalue weighted by atomic mass is 16.5. The van der Waals surface area contributed by atoms with Gasteiger partial charge in [-0.25, -0.2) is 5.43 Å². The van der Waals surface area contributed by atoms with E-state index in [9.17, 15) is 4.79 Å². The van der Waals surface area contributed by atoms with Gasteiger partial charge >= 0.3 is 0 Å². The minimum atomic E-state index is -0.380. The van der Waals surface area contributed by atoms with E-state index in [1.165, 1.54) is 20.4 Å². The third kappa shape index (κ3) is 4.72. The molecule has 0 aromatic heterocycles. The number of carbonyl (C=O) groups excluding carboxylic acids is 1. The predicted octanol–water partition coefficient (Wildman–Crippen LogP) is 2.37. The predicted molar refractivity (Wildman–Crippen MR) is 92.2 cm³/mol. The normalized spacial score (nSPS) is 10.1. The minimum absolute atomic E-state index is 0.0707. The molecule has 1 amide bonds. The van der Waals surface area contributed by atoms with Crippen molar-refractivity contribution in [2.75, 3.05) is 20.8 Å². The highest BCUT2D eigenvalue weighted by molar-refractivity contribution is 5.97. The lowest BCUT2D eigenvalue weighted by Gasteiger charge is -2.08. The summed E-state index contributed by atoms with van der Waals surface area (Å²) in [4.78, 5) is 12.1. The molecule has 0 fully saturated rings. The first-order valence-corrected chi connectivity index (χ1v) is 7.33. The Balaban J connectivity index is 2.06. The van der Waals surface area contributed by atoms with Crippen molar-refractivity contribution < 1.29 is 19.0 Å². The van der Waals surface area contributed by atoms with E-state index in [2.05, 4.69) is 10.5 Å². The average molecular weight is 339 g/mol. The van der Waals surface area contributed by atoms with Gasteiger partial charge in [-0.15, -0.1) is 0 Å². The molecule has 2 aromatic carbocycles. The molecule has 2 aromatic rings. The standard InChI is InChI=1S/C18H17N3O4/c1-23-15-6-4-3-5-14(15)18(22)21-20-12-13-7-8-16(25-10-9-19)17(11-13)24-2/h3-8,11-12H,10H2,1-2H3,(H,21,22)/b20-12-. The number of nitrogens with zero attached hydrogens (tertiary/aromatic N) is 2. The number of methoxy groups -OCH3 is 2. The van der Waals surface area contributed by atoms with Crippen LogP contribution in [-0.2, 0) is 0 Å². The molecule has 2 rings (SSSR count). The smallest absolute Gasteiger partial charge is 0.275 e. The summed E-state index contributed by atoms with van der Waals surface area (Å²) >= 11 is 0. The van der Waals surface area contributed by atoms with Crippen molar-refractivity contribution in [1.82, 2.24) is 5.43 Å². The Bertz CT molecular complexity index is 812. The first kappa shape index (κ1) is 17.8. The summed E-state index contributed by atoms with van der Waals surface area (Å²) in [6.45, 7) is -0.0707. The van der Waals surface area contributed by atoms with E-state index >= 15 is 0 Å². The SMILES string of the molecule is COc1cc(/C=N\NC(=O)c2ccccc2OC)ccc1OCC#N. The second-order valence-electron chi connectivity index (χ2n) is 4.76. The molecule has 0 aliphatic rings. The molecule has 0 bridgehead atoms. The molecule has 0 saturated heterocycles. The summed E-state index contributed by atoms with van der Waals surface area (Å²) in [6.07, 6.45) is 1.48. The molecular formula is C18H17N3O4. The number of hydrogen-bond acceptors (Lipinski definition) is 6. The Morgan fingerprint density at radius 3 is 2.64 bits per heavy atom. The molecule has 0 aliphatic heterocycles. The monoisotopic (exact) mass is 339 g/mol. The second-order valence-corrected chi connectivity index (χ2v) is 4.76. The van der Waals surface area contributed by atoms with Gasteiger partial charge in [-0.1, -0.05) is 12.1 Å². The van der Waals surface area contributed by atoms with Crippen LogP contribution in [0.2, 0.25) is 0 Å². The van der Waals surface area contributed by atoms with Crippen molar-refractivity contribution in [2.24, 2.45) is 5.10 Å². The molecule has 7 nitrogen and oxygen atoms in total. The van der Waals surface area contributed by atoms with E-state index in [1.54, 1.807) is 42.5 Å². The van der Waals surface area contributed by atoms with Gasteiger partial charge in [0.15, 0.2) is 18.1 Å². The van der Waals surface area contributed by atoms with Crippen molar-refractivity contribution in [1.29, 1.82) is 5.26 Å². The average Bonchev–Trinajstić information content (AvgIpc) is 2.66. The Morgan fingerprint density at radius 1 is 1.16 bits per heavy atom. The Morgan fingerprint density at radius 2 is 1.92 bits per heavy atom. The summed E-state index contributed by atoms with van der Waals surface area (Å²) in [5, 5.41) is 12.5. The van der Waals surface area contributed by atoms with Crippen LogP contribution in [0.3, 0.4) is 0 Å². The Kier molecular flexibility index (Phi) is 6.37. The summed E-state index contributed by atoms with van der Waals surface area (Å²) < 4.78 is 15.6. The van der Waals surface area contributed by atoms with Gasteiger partial charge in [-0.05, 0) is 35.9 Å². The first-order chi connectivity index (χ1) is 12.2. The molecule has 0 radical (unpaired) electrons. The van der Waals surface area contributed by atoms with E-state index in [1.807, 2.05) is 6.07 Å². The zero-order valence-electron chi connectivity index (χ0n) is 13.9. The highest BCUT2D eigenvalue weighted by Crippen LogP contribution is 2.27. The van der Waals surface area contributed by atoms with Gasteiger partial charge < -0.3 is 14.2 Å². The van der Waals surface area contributed by atoms with Crippen LogP contribution in [0, 0.1) is 11.3 Å². The van der Waals surface area contributed by atoms with Crippen LogP contribution in [0.25, 0.3) is 0 Å². The molecule has 1 N–H and O–H groups in total. The second kappa shape index (κ2) is 8.93. The van der Waals surface area contributed by atoms with E-state index < -0.39 is 0 Å². The zero-order chi connectivity index (χ0) is 18.1. The van der Waals surface area contributed by atoms with Crippen LogP contribution in [-0.4, -0.2) is 32.9 Å². The Hall–Kier alpha value is -3.53. The molecule has 25 heavy (non-hydrogen) atoms. The number of amides is 1. The Labute approximate surface area is 145 Å². The number of benzene rings is 2. The molecule has 0 saturated carbocycles. The molecule has 7 heteroatoms. The van der Waals surface area contributed by atoms with Crippen molar-refractivity contribution in [3.8, 4) is 23.3 Å². The number of nitrogens with one attached hydrogen (secondary N) is 1. The third-order valence-electron chi connectivity index (χ3n) is 3.21. The van der Waals surface area contributed by atoms with E-state index in [4.69, 9.17) is 19.5 Å². The van der Waals surface area contributed by atoms with Crippen LogP contribution in [0.1, 0.15) is 15.9 Å². The van der Waals surface area contributed by atoms with Crippen molar-refractivity contribution in [2.45, 2.75) is 0 Å². The van der Waals surface area contributed by atoms with Crippen molar-refractivity contribution in [3.63, 3.8) is 0 Å². The van der Waals surface area contributed by atoms with Crippen molar-refractivity contribution in [3.05, 3.63) is 53.6 Å². The molecule has 0 spiro atoms. The van der Waals surface area contributed by atoms with Gasteiger partial charge in [0.25, 0.3) is 5.91 Å². The van der Waals surface area contributed by atoms with Crippen LogP contribution >= 0.6 is 0 Å². The quantitative estimate of drug-likeness (QED) is 0.617. The molecule has 0 heterocycles. The molecule has 0 unspecified atom stereocenters. The number of hydrazone groups is 1. The largest absolute Gasteiger partial charge is 0.496 e. The lowest BCUT2D eigenvalue weighted by Crippen LogP contribution is -2.18. The van der Waals surface area contributed by atoms with Crippen LogP contribution in [0.15, 0.2) is 47.6 Å². The number of nitriles is 1. The number of hydrogen-bond donors (Lipinski definition) is 1. The lowest BCUT2D eigenvalue weighted by atomic mass is 10.2. The van der Waals surface area contributed by atoms with Crippen LogP contribution in [0.5, 0.6) is 17.2 Å². The fourth-order valence-corrected chi connectivity index (χ4v) is 2.05. The highest BCUT2D eigenvalue weighted by Gasteiger charge is 2.10. The van der Waals surface area contributed by atoms with Gasteiger partial charge in [-0.3, -0.25) is 4.79 Å². The van der Waals surface area contributed by atoms with Crippen LogP contribution < -0.4 is 19.6 Å². The van der Waals surface area contributed by atoms with Crippen molar-refractivity contribution >= 4 is 12.1 Å². The molecular weight excluding hydrogens is 322 g/mol. The zero-order valence-corrected chi connectivity index (χ0v) is 13.9. The first-order valence-electron chi connectivity index (χ1n) is 7.33. The maximum Gasteiger partial charge on any atom is 0.275 e. The summed E-state index contributed by atoms with van der Waals surface area (Å²) in [6, 6.07) is 13.8. The number of ether oxygens (including phenoxy) is 3. The topological polar surface area (TPSA) is 92.9 Å². The summed E-state index contributed by atoms with van der Waals surface area (Å²) in [5.41, 5.74) is 3.53. The van der Waals surface area contributed by atoms with E-state index in [-0.39, 0.29) is 12.5 Å². The minimum Gasteiger partial charge on any atom is -0.496 e. The summed E-state index contributed by atoms with van der Waals surface area (Å²) in [7, 11) is 3.00. The van der Waals surface area contributed by atoms with Crippen LogP contribution in [0.4, 0.5) is 0 Å². The maximum atomic E-state index is 12.1. The lowest BCUT2D eigenvalue weighted by molar-refractivity contribution is 0.0952. The number of carbonyl (C=O) groups is 1. The van der Waals surface area contributed by atoms with Gasteiger partial charge in [0.2, 0.25) is 0 Å². The maximum absolute atomic E-state index is 12.1. The van der Waals surface area contributed by atoms with E-state index in [0.29, 0.717) is 28.4 Å².